The third-order valence-electron chi connectivity index (χ3n) is 8.78. The van der Waals surface area contributed by atoms with Crippen molar-refractivity contribution >= 4 is 17.8 Å². The number of amides is 2. The lowest BCUT2D eigenvalue weighted by atomic mass is 9.97. The van der Waals surface area contributed by atoms with Crippen LogP contribution in [0.25, 0.3) is 0 Å². The van der Waals surface area contributed by atoms with E-state index in [2.05, 4.69) is 37.6 Å². The number of anilines is 1. The maximum absolute atomic E-state index is 12.9. The highest BCUT2D eigenvalue weighted by Gasteiger charge is 2.43. The third kappa shape index (κ3) is 6.75. The molecule has 2 aromatic heterocycles. The number of benzene rings is 1. The number of carbonyl (C=O) groups excluding carboxylic acids is 1. The van der Waals surface area contributed by atoms with Crippen LogP contribution in [-0.2, 0) is 19.6 Å². The highest BCUT2D eigenvalue weighted by molar-refractivity contribution is 5.94. The first-order valence-electron chi connectivity index (χ1n) is 14.9. The van der Waals surface area contributed by atoms with Crippen LogP contribution >= 0.6 is 0 Å². The van der Waals surface area contributed by atoms with Crippen LogP contribution in [0, 0.1) is 6.92 Å². The molecular weight excluding hydrogens is 552 g/mol. The molecular formula is C31H38N6O6. The second kappa shape index (κ2) is 12.6. The lowest BCUT2D eigenvalue weighted by Gasteiger charge is -2.37. The highest BCUT2D eigenvalue weighted by atomic mass is 16.5. The Bertz CT molecular complexity index is 1450. The first-order valence-corrected chi connectivity index (χ1v) is 14.9. The minimum atomic E-state index is -0.843. The van der Waals surface area contributed by atoms with Gasteiger partial charge in [0.2, 0.25) is 0 Å². The van der Waals surface area contributed by atoms with Crippen LogP contribution < -0.4 is 15.4 Å². The predicted octanol–water partition coefficient (Wildman–Crippen LogP) is 3.19. The second-order valence-electron chi connectivity index (χ2n) is 11.7. The molecule has 0 saturated carbocycles. The molecule has 2 bridgehead atoms. The van der Waals surface area contributed by atoms with Crippen molar-refractivity contribution in [2.24, 2.45) is 0 Å². The number of ether oxygens (including phenoxy) is 1. The molecule has 43 heavy (non-hydrogen) atoms. The van der Waals surface area contributed by atoms with Crippen molar-refractivity contribution in [3.05, 3.63) is 71.1 Å². The van der Waals surface area contributed by atoms with E-state index in [0.29, 0.717) is 36.8 Å². The van der Waals surface area contributed by atoms with Crippen LogP contribution in [0.2, 0.25) is 0 Å². The van der Waals surface area contributed by atoms with Crippen molar-refractivity contribution in [1.29, 1.82) is 0 Å². The van der Waals surface area contributed by atoms with E-state index in [1.807, 2.05) is 13.0 Å². The van der Waals surface area contributed by atoms with Gasteiger partial charge in [-0.05, 0) is 74.4 Å². The summed E-state index contributed by atoms with van der Waals surface area (Å²) in [7, 11) is 0. The number of aliphatic hydroxyl groups is 1. The number of aromatic nitrogens is 2. The lowest BCUT2D eigenvalue weighted by molar-refractivity contribution is 0.0841. The molecule has 0 spiro atoms. The summed E-state index contributed by atoms with van der Waals surface area (Å²) in [6.07, 6.45) is 5.53. The van der Waals surface area contributed by atoms with E-state index in [1.54, 1.807) is 23.2 Å². The fraction of sp³-hybridized carbons (Fsp3) is 0.484. The van der Waals surface area contributed by atoms with Gasteiger partial charge in [0.05, 0.1) is 11.8 Å². The standard InChI is InChI=1S/C31H38N6O6/c1-19-28(43-18-34-19)17-42-27-5-2-22-15-36(9-7-20(22)10-27)16-26(38)14-33-30(39)21-6-8-32-29(11-21)35-23-12-24-3-4-25(13-23)37(24)31(40)41/h2,5-6,8,10-11,18,23-26,38H,3-4,7,9,12-17H2,1H3,(H,32,35)(H,33,39)(H,40,41)/t23?,24-,25+,26-/m0/s1. The van der Waals surface area contributed by atoms with E-state index in [9.17, 15) is 19.8 Å². The molecule has 1 aromatic carbocycles. The minimum absolute atomic E-state index is 0.0294. The normalized spacial score (nSPS) is 22.1. The number of pyridine rings is 1. The molecule has 2 fully saturated rings. The molecule has 4 N–H and O–H groups in total. The van der Waals surface area contributed by atoms with Gasteiger partial charge in [0.1, 0.15) is 18.2 Å². The molecule has 0 radical (unpaired) electrons. The number of rotatable bonds is 10. The summed E-state index contributed by atoms with van der Waals surface area (Å²) in [4.78, 5) is 36.7. The van der Waals surface area contributed by atoms with Crippen molar-refractivity contribution in [3.8, 4) is 5.75 Å². The third-order valence-corrected chi connectivity index (χ3v) is 8.78. The molecule has 12 heteroatoms. The zero-order chi connectivity index (χ0) is 29.9. The van der Waals surface area contributed by atoms with Crippen molar-refractivity contribution in [2.75, 3.05) is 25.0 Å². The number of carboxylic acid groups (broad SMARTS) is 1. The Kier molecular flexibility index (Phi) is 8.48. The van der Waals surface area contributed by atoms with Crippen LogP contribution in [0.15, 0.2) is 47.3 Å². The Morgan fingerprint density at radius 3 is 2.70 bits per heavy atom. The molecule has 228 valence electrons. The van der Waals surface area contributed by atoms with Crippen LogP contribution in [-0.4, -0.2) is 85.8 Å². The van der Waals surface area contributed by atoms with Gasteiger partial charge in [-0.1, -0.05) is 6.07 Å². The van der Waals surface area contributed by atoms with Gasteiger partial charge in [-0.2, -0.15) is 0 Å². The summed E-state index contributed by atoms with van der Waals surface area (Å²) in [6.45, 7) is 4.32. The van der Waals surface area contributed by atoms with Gasteiger partial charge < -0.3 is 34.9 Å². The van der Waals surface area contributed by atoms with Gasteiger partial charge in [-0.3, -0.25) is 9.69 Å². The van der Waals surface area contributed by atoms with Gasteiger partial charge in [0, 0.05) is 56.1 Å². The van der Waals surface area contributed by atoms with Crippen molar-refractivity contribution < 1.29 is 29.0 Å². The number of nitrogens with zero attached hydrogens (tertiary/aromatic N) is 4. The van der Waals surface area contributed by atoms with E-state index in [0.717, 1.165) is 50.1 Å². The number of β-amino-alcohol motifs (C(OH)–C–C–N with tert-alkyl or cyclic N) is 1. The van der Waals surface area contributed by atoms with Gasteiger partial charge >= 0.3 is 6.09 Å². The molecule has 0 aliphatic carbocycles. The van der Waals surface area contributed by atoms with E-state index in [-0.39, 0.29) is 30.6 Å². The number of hydrogen-bond donors (Lipinski definition) is 4. The number of aryl methyl sites for hydroxylation is 1. The average molecular weight is 591 g/mol. The summed E-state index contributed by atoms with van der Waals surface area (Å²) in [5.74, 6) is 1.82. The molecule has 3 aromatic rings. The van der Waals surface area contributed by atoms with Gasteiger partial charge in [-0.25, -0.2) is 14.8 Å². The number of oxazole rings is 1. The van der Waals surface area contributed by atoms with E-state index >= 15 is 0 Å². The smallest absolute Gasteiger partial charge is 0.407 e. The maximum Gasteiger partial charge on any atom is 0.407 e. The Balaban J connectivity index is 0.953. The molecule has 6 rings (SSSR count). The van der Waals surface area contributed by atoms with Crippen LogP contribution in [0.5, 0.6) is 5.75 Å². The molecule has 2 saturated heterocycles. The highest BCUT2D eigenvalue weighted by Crippen LogP contribution is 2.36. The largest absolute Gasteiger partial charge is 0.486 e. The summed E-state index contributed by atoms with van der Waals surface area (Å²) in [5, 5.41) is 26.4. The van der Waals surface area contributed by atoms with Crippen molar-refractivity contribution in [1.82, 2.24) is 25.1 Å². The average Bonchev–Trinajstić information content (AvgIpc) is 3.54. The minimum Gasteiger partial charge on any atom is -0.486 e. The molecule has 12 nitrogen and oxygen atoms in total. The fourth-order valence-electron chi connectivity index (χ4n) is 6.59. The zero-order valence-electron chi connectivity index (χ0n) is 24.2. The van der Waals surface area contributed by atoms with Gasteiger partial charge in [-0.15, -0.1) is 0 Å². The zero-order valence-corrected chi connectivity index (χ0v) is 24.2. The molecule has 3 aliphatic rings. The fourth-order valence-corrected chi connectivity index (χ4v) is 6.59. The lowest BCUT2D eigenvalue weighted by Crippen LogP contribution is -2.49. The van der Waals surface area contributed by atoms with Crippen LogP contribution in [0.4, 0.5) is 10.6 Å². The molecule has 3 aliphatic heterocycles. The van der Waals surface area contributed by atoms with Crippen LogP contribution in [0.1, 0.15) is 58.6 Å². The topological polar surface area (TPSA) is 153 Å². The Morgan fingerprint density at radius 2 is 1.95 bits per heavy atom. The number of carbonyl (C=O) groups is 2. The van der Waals surface area contributed by atoms with Crippen molar-refractivity contribution in [3.63, 3.8) is 0 Å². The first kappa shape index (κ1) is 28.9. The maximum atomic E-state index is 12.9. The molecule has 1 unspecified atom stereocenters. The molecule has 2 amide bonds. The monoisotopic (exact) mass is 590 g/mol. The number of aliphatic hydroxyl groups excluding tert-OH is 1. The Labute approximate surface area is 250 Å². The van der Waals surface area contributed by atoms with Gasteiger partial charge in [0.25, 0.3) is 5.91 Å². The van der Waals surface area contributed by atoms with E-state index in [1.165, 1.54) is 17.5 Å². The number of fused-ring (bicyclic) bond motifs is 3. The number of nitrogens with one attached hydrogen (secondary N) is 2. The van der Waals surface area contributed by atoms with Crippen molar-refractivity contribution in [2.45, 2.75) is 76.4 Å². The molecule has 5 heterocycles. The Morgan fingerprint density at radius 1 is 1.14 bits per heavy atom. The SMILES string of the molecule is Cc1ncoc1COc1ccc2c(c1)CCN(C[C@@H](O)CNC(=O)c1ccnc(NC3C[C@H]4CC[C@@H](C3)N4C(=O)O)c1)C2. The summed E-state index contributed by atoms with van der Waals surface area (Å²) in [5.41, 5.74) is 3.71. The second-order valence-corrected chi connectivity index (χ2v) is 11.7. The van der Waals surface area contributed by atoms with Crippen LogP contribution in [0.3, 0.4) is 0 Å². The summed E-state index contributed by atoms with van der Waals surface area (Å²) in [6, 6.07) is 9.60. The number of piperidine rings is 1. The molecule has 4 atom stereocenters. The quantitative estimate of drug-likeness (QED) is 0.277. The van der Waals surface area contributed by atoms with Gasteiger partial charge in [0.15, 0.2) is 12.2 Å². The number of hydrogen-bond acceptors (Lipinski definition) is 9. The predicted molar refractivity (Wildman–Crippen MR) is 157 cm³/mol. The Hall–Kier alpha value is -4.16. The first-order chi connectivity index (χ1) is 20.8. The summed E-state index contributed by atoms with van der Waals surface area (Å²) < 4.78 is 11.2. The van der Waals surface area contributed by atoms with E-state index < -0.39 is 12.2 Å². The summed E-state index contributed by atoms with van der Waals surface area (Å²) >= 11 is 0. The van der Waals surface area contributed by atoms with E-state index in [4.69, 9.17) is 9.15 Å².